The molecule has 1 nitrogen and oxygen atoms in total. The molecule has 0 spiro atoms. The third-order valence-electron chi connectivity index (χ3n) is 3.63. The predicted molar refractivity (Wildman–Crippen MR) is 94.3 cm³/mol. The van der Waals surface area contributed by atoms with Crippen molar-refractivity contribution in [3.8, 4) is 23.0 Å². The zero-order chi connectivity index (χ0) is 16.1. The Kier molecular flexibility index (Phi) is 4.36. The Bertz CT molecular complexity index is 861. The first-order chi connectivity index (χ1) is 11.2. The number of hydrogen-bond donors (Lipinski definition) is 0. The average molecular weight is 296 g/mol. The second-order valence-electron chi connectivity index (χ2n) is 5.33. The quantitative estimate of drug-likeness (QED) is 0.483. The second kappa shape index (κ2) is 6.77. The fraction of sp³-hybridized carbons (Fsp3) is 0.0455. The van der Waals surface area contributed by atoms with Crippen LogP contribution in [-0.4, -0.2) is 5.78 Å². The highest BCUT2D eigenvalue weighted by Crippen LogP contribution is 2.18. The van der Waals surface area contributed by atoms with Crippen LogP contribution in [0, 0.1) is 11.8 Å². The standard InChI is InChI=1S/C22H16O/c1-17(23)20-13-9-18(10-14-20)7-8-19-11-15-22(16-12-19)21-5-3-2-4-6-21/h2-6,9-16H,1H3. The lowest BCUT2D eigenvalue weighted by Crippen LogP contribution is -1.90. The zero-order valence-electron chi connectivity index (χ0n) is 12.9. The normalized spacial score (nSPS) is 9.78. The van der Waals surface area contributed by atoms with Crippen LogP contribution in [0.3, 0.4) is 0 Å². The molecule has 1 heteroatoms. The maximum atomic E-state index is 11.2. The summed E-state index contributed by atoms with van der Waals surface area (Å²) in [4.78, 5) is 11.2. The molecule has 0 heterocycles. The van der Waals surface area contributed by atoms with Crippen LogP contribution < -0.4 is 0 Å². The van der Waals surface area contributed by atoms with E-state index in [9.17, 15) is 4.79 Å². The molecule has 0 aliphatic rings. The third-order valence-corrected chi connectivity index (χ3v) is 3.63. The molecule has 0 aliphatic heterocycles. The van der Waals surface area contributed by atoms with Crippen molar-refractivity contribution in [2.45, 2.75) is 6.92 Å². The summed E-state index contributed by atoms with van der Waals surface area (Å²) in [5, 5.41) is 0. The Morgan fingerprint density at radius 2 is 1.13 bits per heavy atom. The topological polar surface area (TPSA) is 17.1 Å². The molecule has 3 rings (SSSR count). The van der Waals surface area contributed by atoms with Crippen molar-refractivity contribution in [1.82, 2.24) is 0 Å². The monoisotopic (exact) mass is 296 g/mol. The van der Waals surface area contributed by atoms with Gasteiger partial charge in [0.25, 0.3) is 0 Å². The minimum absolute atomic E-state index is 0.0704. The van der Waals surface area contributed by atoms with E-state index in [2.05, 4.69) is 36.1 Å². The van der Waals surface area contributed by atoms with Gasteiger partial charge in [-0.3, -0.25) is 4.79 Å². The van der Waals surface area contributed by atoms with Gasteiger partial charge in [-0.2, -0.15) is 0 Å². The summed E-state index contributed by atoms with van der Waals surface area (Å²) in [7, 11) is 0. The molecule has 0 radical (unpaired) electrons. The lowest BCUT2D eigenvalue weighted by Gasteiger charge is -2.00. The van der Waals surface area contributed by atoms with Gasteiger partial charge in [-0.1, -0.05) is 66.4 Å². The maximum absolute atomic E-state index is 11.2. The van der Waals surface area contributed by atoms with Gasteiger partial charge in [0.2, 0.25) is 0 Å². The molecule has 0 atom stereocenters. The lowest BCUT2D eigenvalue weighted by atomic mass is 10.0. The molecule has 0 amide bonds. The summed E-state index contributed by atoms with van der Waals surface area (Å²) in [5.41, 5.74) is 4.97. The SMILES string of the molecule is CC(=O)c1ccc(C#Cc2ccc(-c3ccccc3)cc2)cc1. The summed E-state index contributed by atoms with van der Waals surface area (Å²) in [6.07, 6.45) is 0. The van der Waals surface area contributed by atoms with Crippen molar-refractivity contribution in [2.24, 2.45) is 0 Å². The highest BCUT2D eigenvalue weighted by Gasteiger charge is 1.98. The van der Waals surface area contributed by atoms with E-state index < -0.39 is 0 Å². The number of carbonyl (C=O) groups excluding carboxylic acids is 1. The average Bonchev–Trinajstić information content (AvgIpc) is 2.61. The third kappa shape index (κ3) is 3.75. The first-order valence-electron chi connectivity index (χ1n) is 7.51. The molecular weight excluding hydrogens is 280 g/mol. The summed E-state index contributed by atoms with van der Waals surface area (Å²) >= 11 is 0. The van der Waals surface area contributed by atoms with Gasteiger partial charge >= 0.3 is 0 Å². The van der Waals surface area contributed by atoms with Crippen molar-refractivity contribution in [3.63, 3.8) is 0 Å². The molecule has 23 heavy (non-hydrogen) atoms. The van der Waals surface area contributed by atoms with Gasteiger partial charge < -0.3 is 0 Å². The van der Waals surface area contributed by atoms with Gasteiger partial charge in [-0.15, -0.1) is 0 Å². The van der Waals surface area contributed by atoms with Crippen LogP contribution in [0.5, 0.6) is 0 Å². The van der Waals surface area contributed by atoms with Gasteiger partial charge in [0.1, 0.15) is 0 Å². The molecule has 0 unspecified atom stereocenters. The fourth-order valence-corrected chi connectivity index (χ4v) is 2.31. The number of rotatable bonds is 2. The molecule has 0 N–H and O–H groups in total. The molecule has 110 valence electrons. The van der Waals surface area contributed by atoms with Gasteiger partial charge in [-0.25, -0.2) is 0 Å². The van der Waals surface area contributed by atoms with E-state index >= 15 is 0 Å². The molecule has 0 bridgehead atoms. The van der Waals surface area contributed by atoms with E-state index in [-0.39, 0.29) is 5.78 Å². The minimum Gasteiger partial charge on any atom is -0.295 e. The minimum atomic E-state index is 0.0704. The Balaban J connectivity index is 1.78. The molecule has 0 aromatic heterocycles. The van der Waals surface area contributed by atoms with Crippen LogP contribution in [0.15, 0.2) is 78.9 Å². The second-order valence-corrected chi connectivity index (χ2v) is 5.33. The van der Waals surface area contributed by atoms with Gasteiger partial charge in [-0.05, 0) is 42.3 Å². The Labute approximate surface area is 136 Å². The first-order valence-corrected chi connectivity index (χ1v) is 7.51. The summed E-state index contributed by atoms with van der Waals surface area (Å²) < 4.78 is 0. The van der Waals surface area contributed by atoms with E-state index in [0.717, 1.165) is 11.1 Å². The summed E-state index contributed by atoms with van der Waals surface area (Å²) in [6.45, 7) is 1.56. The Hall–Kier alpha value is -3.11. The molecule has 0 saturated heterocycles. The number of ketones is 1. The van der Waals surface area contributed by atoms with Crippen LogP contribution in [-0.2, 0) is 0 Å². The van der Waals surface area contributed by atoms with Crippen molar-refractivity contribution >= 4 is 5.78 Å². The maximum Gasteiger partial charge on any atom is 0.159 e. The van der Waals surface area contributed by atoms with E-state index in [0.29, 0.717) is 5.56 Å². The van der Waals surface area contributed by atoms with Crippen LogP contribution in [0.25, 0.3) is 11.1 Å². The fourth-order valence-electron chi connectivity index (χ4n) is 2.31. The lowest BCUT2D eigenvalue weighted by molar-refractivity contribution is 0.101. The Morgan fingerprint density at radius 3 is 1.65 bits per heavy atom. The summed E-state index contributed by atoms with van der Waals surface area (Å²) in [6, 6.07) is 25.9. The molecule has 0 fully saturated rings. The zero-order valence-corrected chi connectivity index (χ0v) is 12.9. The summed E-state index contributed by atoms with van der Waals surface area (Å²) in [5.74, 6) is 6.35. The van der Waals surface area contributed by atoms with Crippen molar-refractivity contribution < 1.29 is 4.79 Å². The largest absolute Gasteiger partial charge is 0.295 e. The van der Waals surface area contributed by atoms with Gasteiger partial charge in [0.15, 0.2) is 5.78 Å². The van der Waals surface area contributed by atoms with E-state index in [1.807, 2.05) is 54.6 Å². The molecule has 0 saturated carbocycles. The van der Waals surface area contributed by atoms with Crippen molar-refractivity contribution in [2.75, 3.05) is 0 Å². The smallest absolute Gasteiger partial charge is 0.159 e. The first kappa shape index (κ1) is 14.8. The number of carbonyl (C=O) groups is 1. The van der Waals surface area contributed by atoms with E-state index in [1.165, 1.54) is 11.1 Å². The molecule has 0 aliphatic carbocycles. The van der Waals surface area contributed by atoms with Crippen LogP contribution in [0.2, 0.25) is 0 Å². The number of hydrogen-bond acceptors (Lipinski definition) is 1. The number of benzene rings is 3. The van der Waals surface area contributed by atoms with Crippen LogP contribution in [0.4, 0.5) is 0 Å². The van der Waals surface area contributed by atoms with Gasteiger partial charge in [0, 0.05) is 16.7 Å². The Morgan fingerprint density at radius 1 is 0.652 bits per heavy atom. The van der Waals surface area contributed by atoms with Crippen molar-refractivity contribution in [3.05, 3.63) is 95.6 Å². The van der Waals surface area contributed by atoms with Crippen LogP contribution >= 0.6 is 0 Å². The molecule has 3 aromatic carbocycles. The molecule has 3 aromatic rings. The highest BCUT2D eigenvalue weighted by molar-refractivity contribution is 5.94. The van der Waals surface area contributed by atoms with E-state index in [4.69, 9.17) is 0 Å². The predicted octanol–water partition coefficient (Wildman–Crippen LogP) is 4.96. The van der Waals surface area contributed by atoms with Gasteiger partial charge in [0.05, 0.1) is 0 Å². The van der Waals surface area contributed by atoms with Crippen LogP contribution in [0.1, 0.15) is 28.4 Å². The molecular formula is C22H16O. The number of Topliss-reactive ketones (excluding diaryl/α,β-unsaturated/α-hetero) is 1. The van der Waals surface area contributed by atoms with E-state index in [1.54, 1.807) is 6.92 Å². The van der Waals surface area contributed by atoms with Crippen molar-refractivity contribution in [1.29, 1.82) is 0 Å². The highest BCUT2D eigenvalue weighted by atomic mass is 16.1.